The first-order valence-corrected chi connectivity index (χ1v) is 9.46. The van der Waals surface area contributed by atoms with Gasteiger partial charge in [-0.1, -0.05) is 89.1 Å². The molecule has 0 atom stereocenters. The summed E-state index contributed by atoms with van der Waals surface area (Å²) < 4.78 is 5.47. The van der Waals surface area contributed by atoms with E-state index in [1.807, 2.05) is 61.5 Å². The standard InChI is InChI=1S/C24H17ClN2O2/c1-16-7-9-17(10-8-16)15-26-24-21(18-11-13-20(25)14-12-18)22(27-29-24)23(28)19-5-3-2-4-6-19/h2-15H,1H3/b26-15+. The van der Waals surface area contributed by atoms with Crippen molar-refractivity contribution in [1.29, 1.82) is 0 Å². The highest BCUT2D eigenvalue weighted by atomic mass is 35.5. The number of aromatic nitrogens is 1. The van der Waals surface area contributed by atoms with Crippen molar-refractivity contribution >= 4 is 29.5 Å². The van der Waals surface area contributed by atoms with Crippen molar-refractivity contribution in [2.24, 2.45) is 4.99 Å². The summed E-state index contributed by atoms with van der Waals surface area (Å²) in [5.74, 6) is 0.0447. The molecule has 0 N–H and O–H groups in total. The number of aliphatic imine (C=N–C) groups is 1. The summed E-state index contributed by atoms with van der Waals surface area (Å²) in [7, 11) is 0. The van der Waals surface area contributed by atoms with Gasteiger partial charge in [0.15, 0.2) is 5.69 Å². The molecule has 0 saturated carbocycles. The quantitative estimate of drug-likeness (QED) is 0.292. The Hall–Kier alpha value is -3.50. The fourth-order valence-corrected chi connectivity index (χ4v) is 3.04. The zero-order valence-electron chi connectivity index (χ0n) is 15.7. The second-order valence-electron chi connectivity index (χ2n) is 6.58. The Morgan fingerprint density at radius 3 is 2.34 bits per heavy atom. The molecule has 3 aromatic carbocycles. The van der Waals surface area contributed by atoms with Gasteiger partial charge < -0.3 is 4.52 Å². The van der Waals surface area contributed by atoms with Crippen LogP contribution in [0.25, 0.3) is 11.1 Å². The minimum Gasteiger partial charge on any atom is -0.335 e. The number of hydrogen-bond donors (Lipinski definition) is 0. The molecule has 0 aliphatic heterocycles. The fraction of sp³-hybridized carbons (Fsp3) is 0.0417. The number of rotatable bonds is 5. The molecule has 0 bridgehead atoms. The number of carbonyl (C=O) groups is 1. The van der Waals surface area contributed by atoms with Crippen LogP contribution in [0.1, 0.15) is 27.2 Å². The Labute approximate surface area is 173 Å². The van der Waals surface area contributed by atoms with Gasteiger partial charge in [0.2, 0.25) is 5.78 Å². The molecule has 0 unspecified atom stereocenters. The Kier molecular flexibility index (Phi) is 5.36. The molecule has 1 heterocycles. The molecule has 4 nitrogen and oxygen atoms in total. The van der Waals surface area contributed by atoms with Gasteiger partial charge in [-0.2, -0.15) is 0 Å². The summed E-state index contributed by atoms with van der Waals surface area (Å²) in [4.78, 5) is 17.5. The highest BCUT2D eigenvalue weighted by Gasteiger charge is 2.24. The molecule has 0 aliphatic rings. The minimum atomic E-state index is -0.226. The maximum atomic E-state index is 13.0. The van der Waals surface area contributed by atoms with Crippen LogP contribution in [0.5, 0.6) is 0 Å². The molecule has 0 spiro atoms. The van der Waals surface area contributed by atoms with Crippen molar-refractivity contribution in [3.63, 3.8) is 0 Å². The monoisotopic (exact) mass is 400 g/mol. The predicted molar refractivity (Wildman–Crippen MR) is 115 cm³/mol. The Morgan fingerprint density at radius 1 is 0.966 bits per heavy atom. The zero-order chi connectivity index (χ0) is 20.2. The molecule has 0 aliphatic carbocycles. The molecule has 4 rings (SSSR count). The van der Waals surface area contributed by atoms with Crippen LogP contribution < -0.4 is 0 Å². The van der Waals surface area contributed by atoms with Crippen LogP contribution in [0, 0.1) is 6.92 Å². The molecular weight excluding hydrogens is 384 g/mol. The molecule has 0 amide bonds. The molecule has 0 radical (unpaired) electrons. The third-order valence-electron chi connectivity index (χ3n) is 4.47. The zero-order valence-corrected chi connectivity index (χ0v) is 16.4. The van der Waals surface area contributed by atoms with E-state index in [1.165, 1.54) is 5.56 Å². The van der Waals surface area contributed by atoms with Gasteiger partial charge in [-0.15, -0.1) is 0 Å². The van der Waals surface area contributed by atoms with Gasteiger partial charge in [0.05, 0.1) is 5.56 Å². The molecule has 142 valence electrons. The average molecular weight is 401 g/mol. The first-order valence-electron chi connectivity index (χ1n) is 9.08. The van der Waals surface area contributed by atoms with Gasteiger partial charge in [0, 0.05) is 16.8 Å². The summed E-state index contributed by atoms with van der Waals surface area (Å²) in [6.45, 7) is 2.03. The number of aryl methyl sites for hydroxylation is 1. The predicted octanol–water partition coefficient (Wildman–Crippen LogP) is 6.29. The maximum Gasteiger partial charge on any atom is 0.259 e. The second kappa shape index (κ2) is 8.25. The fourth-order valence-electron chi connectivity index (χ4n) is 2.91. The van der Waals surface area contributed by atoms with E-state index in [0.29, 0.717) is 16.1 Å². The van der Waals surface area contributed by atoms with Crippen molar-refractivity contribution in [1.82, 2.24) is 5.16 Å². The summed E-state index contributed by atoms with van der Waals surface area (Å²) in [6.07, 6.45) is 1.69. The van der Waals surface area contributed by atoms with Gasteiger partial charge in [0.25, 0.3) is 5.88 Å². The maximum absolute atomic E-state index is 13.0. The number of halogens is 1. The van der Waals surface area contributed by atoms with Crippen LogP contribution in [0.3, 0.4) is 0 Å². The van der Waals surface area contributed by atoms with Crippen molar-refractivity contribution in [3.05, 3.63) is 106 Å². The number of carbonyl (C=O) groups excluding carboxylic acids is 1. The normalized spacial score (nSPS) is 11.1. The van der Waals surface area contributed by atoms with E-state index in [1.54, 1.807) is 30.5 Å². The topological polar surface area (TPSA) is 55.5 Å². The Balaban J connectivity index is 1.79. The molecule has 0 saturated heterocycles. The summed E-state index contributed by atoms with van der Waals surface area (Å²) in [5, 5.41) is 4.65. The van der Waals surface area contributed by atoms with E-state index in [-0.39, 0.29) is 17.4 Å². The molecule has 1 aromatic heterocycles. The van der Waals surface area contributed by atoms with Gasteiger partial charge in [-0.05, 0) is 30.2 Å². The van der Waals surface area contributed by atoms with Crippen molar-refractivity contribution in [2.75, 3.05) is 0 Å². The average Bonchev–Trinajstić information content (AvgIpc) is 3.18. The largest absolute Gasteiger partial charge is 0.335 e. The first kappa shape index (κ1) is 18.8. The molecule has 0 fully saturated rings. The first-order chi connectivity index (χ1) is 14.1. The van der Waals surface area contributed by atoms with E-state index < -0.39 is 0 Å². The minimum absolute atomic E-state index is 0.217. The molecule has 4 aromatic rings. The van der Waals surface area contributed by atoms with E-state index in [4.69, 9.17) is 16.1 Å². The summed E-state index contributed by atoms with van der Waals surface area (Å²) in [6, 6.07) is 24.1. The Morgan fingerprint density at radius 2 is 1.66 bits per heavy atom. The van der Waals surface area contributed by atoms with Gasteiger partial charge >= 0.3 is 0 Å². The van der Waals surface area contributed by atoms with Crippen LogP contribution in [0.2, 0.25) is 5.02 Å². The van der Waals surface area contributed by atoms with E-state index in [9.17, 15) is 4.79 Å². The van der Waals surface area contributed by atoms with Crippen LogP contribution in [-0.4, -0.2) is 17.2 Å². The molecule has 5 heteroatoms. The Bertz CT molecular complexity index is 1160. The summed E-state index contributed by atoms with van der Waals surface area (Å²) in [5.41, 5.74) is 4.13. The number of ketones is 1. The summed E-state index contributed by atoms with van der Waals surface area (Å²) >= 11 is 6.03. The number of hydrogen-bond acceptors (Lipinski definition) is 4. The second-order valence-corrected chi connectivity index (χ2v) is 7.02. The number of benzene rings is 3. The SMILES string of the molecule is Cc1ccc(/C=N/c2onc(C(=O)c3ccccc3)c2-c2ccc(Cl)cc2)cc1. The lowest BCUT2D eigenvalue weighted by Gasteiger charge is -2.03. The smallest absolute Gasteiger partial charge is 0.259 e. The van der Waals surface area contributed by atoms with Crippen molar-refractivity contribution in [3.8, 4) is 11.1 Å². The van der Waals surface area contributed by atoms with Gasteiger partial charge in [0.1, 0.15) is 0 Å². The van der Waals surface area contributed by atoms with Crippen LogP contribution >= 0.6 is 11.6 Å². The van der Waals surface area contributed by atoms with E-state index in [0.717, 1.165) is 11.1 Å². The highest BCUT2D eigenvalue weighted by molar-refractivity contribution is 6.30. The molecular formula is C24H17ClN2O2. The molecule has 29 heavy (non-hydrogen) atoms. The lowest BCUT2D eigenvalue weighted by atomic mass is 10.00. The third-order valence-corrected chi connectivity index (χ3v) is 4.72. The lowest BCUT2D eigenvalue weighted by molar-refractivity contribution is 0.103. The van der Waals surface area contributed by atoms with E-state index >= 15 is 0 Å². The number of nitrogens with zero attached hydrogens (tertiary/aromatic N) is 2. The third kappa shape index (κ3) is 4.18. The van der Waals surface area contributed by atoms with Crippen LogP contribution in [-0.2, 0) is 0 Å². The van der Waals surface area contributed by atoms with Gasteiger partial charge in [-0.3, -0.25) is 4.79 Å². The van der Waals surface area contributed by atoms with Crippen LogP contribution in [0.4, 0.5) is 5.88 Å². The van der Waals surface area contributed by atoms with Gasteiger partial charge in [-0.25, -0.2) is 4.99 Å². The van der Waals surface area contributed by atoms with Crippen molar-refractivity contribution in [2.45, 2.75) is 6.92 Å². The highest BCUT2D eigenvalue weighted by Crippen LogP contribution is 2.35. The van der Waals surface area contributed by atoms with Crippen molar-refractivity contribution < 1.29 is 9.32 Å². The lowest BCUT2D eigenvalue weighted by Crippen LogP contribution is -2.03. The van der Waals surface area contributed by atoms with Crippen LogP contribution in [0.15, 0.2) is 88.4 Å². The van der Waals surface area contributed by atoms with E-state index in [2.05, 4.69) is 10.1 Å².